The van der Waals surface area contributed by atoms with E-state index in [0.717, 1.165) is 12.8 Å². The van der Waals surface area contributed by atoms with E-state index in [1.807, 2.05) is 4.90 Å². The second kappa shape index (κ2) is 6.44. The average Bonchev–Trinajstić information content (AvgIpc) is 2.45. The summed E-state index contributed by atoms with van der Waals surface area (Å²) in [5.41, 5.74) is 0.651. The van der Waals surface area contributed by atoms with Crippen LogP contribution < -0.4 is 4.90 Å². The number of hydrogen-bond acceptors (Lipinski definition) is 6. The lowest BCUT2D eigenvalue weighted by atomic mass is 10.1. The summed E-state index contributed by atoms with van der Waals surface area (Å²) in [6.45, 7) is 1.79. The monoisotopic (exact) mass is 267 g/mol. The van der Waals surface area contributed by atoms with Crippen molar-refractivity contribution in [1.29, 1.82) is 0 Å². The Bertz CT molecular complexity index is 433. The minimum Gasteiger partial charge on any atom is -0.394 e. The smallest absolute Gasteiger partial charge is 0.310 e. The lowest BCUT2D eigenvalue weighted by molar-refractivity contribution is -0.384. The lowest BCUT2D eigenvalue weighted by Gasteiger charge is -2.32. The van der Waals surface area contributed by atoms with Gasteiger partial charge in [0.1, 0.15) is 11.9 Å². The largest absolute Gasteiger partial charge is 0.394 e. The zero-order valence-electron chi connectivity index (χ0n) is 10.6. The molecule has 1 aromatic rings. The van der Waals surface area contributed by atoms with E-state index < -0.39 is 4.92 Å². The quantitative estimate of drug-likeness (QED) is 0.631. The summed E-state index contributed by atoms with van der Waals surface area (Å²) in [5, 5.41) is 19.7. The van der Waals surface area contributed by atoms with Crippen LogP contribution in [0.5, 0.6) is 0 Å². The van der Waals surface area contributed by atoms with E-state index in [0.29, 0.717) is 25.4 Å². The number of nitrogens with zero attached hydrogens (tertiary/aromatic N) is 3. The molecule has 1 aliphatic rings. The van der Waals surface area contributed by atoms with E-state index in [-0.39, 0.29) is 18.4 Å². The van der Waals surface area contributed by atoms with Crippen molar-refractivity contribution in [2.75, 3.05) is 31.2 Å². The summed E-state index contributed by atoms with van der Waals surface area (Å²) >= 11 is 0. The minimum absolute atomic E-state index is 0.0238. The summed E-state index contributed by atoms with van der Waals surface area (Å²) in [4.78, 5) is 16.3. The molecule has 0 unspecified atom stereocenters. The Morgan fingerprint density at radius 3 is 2.89 bits per heavy atom. The van der Waals surface area contributed by atoms with E-state index in [4.69, 9.17) is 9.84 Å². The Morgan fingerprint density at radius 2 is 2.26 bits per heavy atom. The predicted octanol–water partition coefficient (Wildman–Crippen LogP) is 0.967. The van der Waals surface area contributed by atoms with Crippen molar-refractivity contribution in [1.82, 2.24) is 4.98 Å². The number of anilines is 1. The molecule has 0 spiro atoms. The maximum atomic E-state index is 11.0. The van der Waals surface area contributed by atoms with Crippen LogP contribution in [0.2, 0.25) is 0 Å². The van der Waals surface area contributed by atoms with Gasteiger partial charge in [0.2, 0.25) is 0 Å². The molecule has 0 saturated carbocycles. The van der Waals surface area contributed by atoms with Gasteiger partial charge in [0.25, 0.3) is 0 Å². The summed E-state index contributed by atoms with van der Waals surface area (Å²) in [6, 6.07) is 1.67. The maximum absolute atomic E-state index is 11.0. The van der Waals surface area contributed by atoms with Crippen LogP contribution in [0.3, 0.4) is 0 Å². The molecule has 1 saturated heterocycles. The van der Waals surface area contributed by atoms with Crippen molar-refractivity contribution < 1.29 is 14.8 Å². The first-order valence-corrected chi connectivity index (χ1v) is 6.28. The highest BCUT2D eigenvalue weighted by Gasteiger charge is 2.24. The highest BCUT2D eigenvalue weighted by molar-refractivity contribution is 5.61. The molecule has 1 fully saturated rings. The standard InChI is InChI=1S/C12H17N3O4/c16-7-8-19-10-2-5-14(6-3-10)11-1-4-13-9-12(11)15(17)18/h1,4,9-10,16H,2-3,5-8H2. The molecule has 1 aromatic heterocycles. The molecular formula is C12H17N3O4. The van der Waals surface area contributed by atoms with Gasteiger partial charge < -0.3 is 14.7 Å². The molecule has 0 amide bonds. The fourth-order valence-corrected chi connectivity index (χ4v) is 2.27. The predicted molar refractivity (Wildman–Crippen MR) is 69.2 cm³/mol. The summed E-state index contributed by atoms with van der Waals surface area (Å²) in [7, 11) is 0. The fraction of sp³-hybridized carbons (Fsp3) is 0.583. The normalized spacial score (nSPS) is 16.6. The summed E-state index contributed by atoms with van der Waals surface area (Å²) in [5.74, 6) is 0. The van der Waals surface area contributed by atoms with Crippen molar-refractivity contribution in [3.8, 4) is 0 Å². The van der Waals surface area contributed by atoms with Crippen LogP contribution in [0.4, 0.5) is 11.4 Å². The molecule has 0 radical (unpaired) electrons. The van der Waals surface area contributed by atoms with E-state index in [9.17, 15) is 10.1 Å². The van der Waals surface area contributed by atoms with Gasteiger partial charge in [0.05, 0.1) is 24.2 Å². The molecule has 19 heavy (non-hydrogen) atoms. The van der Waals surface area contributed by atoms with E-state index in [1.54, 1.807) is 12.3 Å². The Balaban J connectivity index is 2.00. The first-order chi connectivity index (χ1) is 9.22. The summed E-state index contributed by atoms with van der Waals surface area (Å²) < 4.78 is 5.47. The zero-order chi connectivity index (χ0) is 13.7. The number of nitro groups is 1. The first kappa shape index (κ1) is 13.7. The number of aliphatic hydroxyl groups excluding tert-OH is 1. The highest BCUT2D eigenvalue weighted by Crippen LogP contribution is 2.29. The van der Waals surface area contributed by atoms with Crippen LogP contribution >= 0.6 is 0 Å². The highest BCUT2D eigenvalue weighted by atomic mass is 16.6. The number of ether oxygens (including phenoxy) is 1. The van der Waals surface area contributed by atoms with Crippen LogP contribution in [0.15, 0.2) is 18.5 Å². The number of pyridine rings is 1. The number of rotatable bonds is 5. The Kier molecular flexibility index (Phi) is 4.64. The topological polar surface area (TPSA) is 88.7 Å². The molecule has 104 valence electrons. The third kappa shape index (κ3) is 3.39. The number of aliphatic hydroxyl groups is 1. The summed E-state index contributed by atoms with van der Waals surface area (Å²) in [6.07, 6.45) is 4.59. The van der Waals surface area contributed by atoms with Gasteiger partial charge in [-0.25, -0.2) is 0 Å². The van der Waals surface area contributed by atoms with E-state index in [1.165, 1.54) is 6.20 Å². The average molecular weight is 267 g/mol. The third-order valence-corrected chi connectivity index (χ3v) is 3.20. The molecule has 0 aromatic carbocycles. The molecule has 1 N–H and O–H groups in total. The SMILES string of the molecule is O=[N+]([O-])c1cnccc1N1CCC(OCCO)CC1. The van der Waals surface area contributed by atoms with Crippen molar-refractivity contribution in [3.05, 3.63) is 28.6 Å². The molecule has 7 heteroatoms. The van der Waals surface area contributed by atoms with Crippen LogP contribution in [-0.2, 0) is 4.74 Å². The van der Waals surface area contributed by atoms with Crippen LogP contribution in [0, 0.1) is 10.1 Å². The van der Waals surface area contributed by atoms with Gasteiger partial charge in [0.15, 0.2) is 0 Å². The minimum atomic E-state index is -0.406. The first-order valence-electron chi connectivity index (χ1n) is 6.28. The molecule has 2 heterocycles. The Morgan fingerprint density at radius 1 is 1.53 bits per heavy atom. The van der Waals surface area contributed by atoms with E-state index >= 15 is 0 Å². The maximum Gasteiger partial charge on any atom is 0.310 e. The third-order valence-electron chi connectivity index (χ3n) is 3.20. The van der Waals surface area contributed by atoms with E-state index in [2.05, 4.69) is 4.98 Å². The van der Waals surface area contributed by atoms with Gasteiger partial charge in [-0.1, -0.05) is 0 Å². The zero-order valence-corrected chi connectivity index (χ0v) is 10.6. The van der Waals surface area contributed by atoms with Crippen molar-refractivity contribution in [2.45, 2.75) is 18.9 Å². The van der Waals surface area contributed by atoms with Gasteiger partial charge >= 0.3 is 5.69 Å². The van der Waals surface area contributed by atoms with Gasteiger partial charge in [-0.15, -0.1) is 0 Å². The number of piperidine rings is 1. The van der Waals surface area contributed by atoms with Crippen molar-refractivity contribution >= 4 is 11.4 Å². The van der Waals surface area contributed by atoms with Crippen molar-refractivity contribution in [3.63, 3.8) is 0 Å². The Hall–Kier alpha value is -1.73. The Labute approximate surface area is 111 Å². The number of aromatic nitrogens is 1. The molecule has 2 rings (SSSR count). The second-order valence-corrected chi connectivity index (χ2v) is 4.40. The van der Waals surface area contributed by atoms with Gasteiger partial charge in [0, 0.05) is 19.3 Å². The van der Waals surface area contributed by atoms with Gasteiger partial charge in [-0.2, -0.15) is 0 Å². The van der Waals surface area contributed by atoms with Gasteiger partial charge in [-0.3, -0.25) is 15.1 Å². The molecular weight excluding hydrogens is 250 g/mol. The van der Waals surface area contributed by atoms with Crippen LogP contribution in [-0.4, -0.2) is 47.4 Å². The molecule has 7 nitrogen and oxygen atoms in total. The number of hydrogen-bond donors (Lipinski definition) is 1. The molecule has 0 bridgehead atoms. The van der Waals surface area contributed by atoms with Gasteiger partial charge in [-0.05, 0) is 18.9 Å². The molecule has 1 aliphatic heterocycles. The molecule has 0 aliphatic carbocycles. The van der Waals surface area contributed by atoms with Crippen LogP contribution in [0.1, 0.15) is 12.8 Å². The van der Waals surface area contributed by atoms with Crippen LogP contribution in [0.25, 0.3) is 0 Å². The molecule has 0 atom stereocenters. The second-order valence-electron chi connectivity index (χ2n) is 4.40. The lowest BCUT2D eigenvalue weighted by Crippen LogP contribution is -2.37. The van der Waals surface area contributed by atoms with Crippen molar-refractivity contribution in [2.24, 2.45) is 0 Å². The fourth-order valence-electron chi connectivity index (χ4n) is 2.27.